The Hall–Kier alpha value is -1.31. The number of pyridine rings is 1. The van der Waals surface area contributed by atoms with E-state index in [-0.39, 0.29) is 10.6 Å². The molecule has 21 heavy (non-hydrogen) atoms. The van der Waals surface area contributed by atoms with Gasteiger partial charge in [0.2, 0.25) is 0 Å². The van der Waals surface area contributed by atoms with Gasteiger partial charge in [-0.1, -0.05) is 11.6 Å². The molecule has 2 aromatic rings. The molecule has 0 bridgehead atoms. The van der Waals surface area contributed by atoms with Crippen molar-refractivity contribution in [3.63, 3.8) is 0 Å². The summed E-state index contributed by atoms with van der Waals surface area (Å²) in [4.78, 5) is 4.20. The van der Waals surface area contributed by atoms with E-state index in [1.807, 2.05) is 0 Å². The number of benzene rings is 1. The van der Waals surface area contributed by atoms with Crippen LogP contribution in [0.3, 0.4) is 0 Å². The van der Waals surface area contributed by atoms with Gasteiger partial charge in [-0.3, -0.25) is 4.72 Å². The lowest BCUT2D eigenvalue weighted by Gasteiger charge is -2.12. The van der Waals surface area contributed by atoms with Crippen molar-refractivity contribution in [3.05, 3.63) is 45.1 Å². The molecule has 2 rings (SSSR count). The molecule has 112 valence electrons. The number of nitrogens with one attached hydrogen (secondary N) is 1. The minimum atomic E-state index is -3.75. The summed E-state index contributed by atoms with van der Waals surface area (Å²) < 4.78 is 27.9. The van der Waals surface area contributed by atoms with Crippen LogP contribution in [0, 0.1) is 13.8 Å². The summed E-state index contributed by atoms with van der Waals surface area (Å²) in [5.74, 6) is 0. The predicted molar refractivity (Wildman–Crippen MR) is 88.1 cm³/mol. The lowest BCUT2D eigenvalue weighted by Crippen LogP contribution is -2.15. The molecule has 1 aromatic heterocycles. The Bertz CT molecular complexity index is 786. The molecule has 0 atom stereocenters. The first kappa shape index (κ1) is 16.1. The molecule has 0 saturated heterocycles. The topological polar surface area (TPSA) is 85.1 Å². The Labute approximate surface area is 136 Å². The fourth-order valence-corrected chi connectivity index (χ4v) is 3.50. The summed E-state index contributed by atoms with van der Waals surface area (Å²) in [6.07, 6.45) is 0. The van der Waals surface area contributed by atoms with Crippen LogP contribution in [0.25, 0.3) is 0 Å². The van der Waals surface area contributed by atoms with Crippen molar-refractivity contribution in [2.24, 2.45) is 0 Å². The van der Waals surface area contributed by atoms with Gasteiger partial charge in [-0.25, -0.2) is 13.4 Å². The zero-order chi connectivity index (χ0) is 15.8. The zero-order valence-electron chi connectivity index (χ0n) is 11.3. The van der Waals surface area contributed by atoms with Crippen LogP contribution in [0.2, 0.25) is 5.02 Å². The van der Waals surface area contributed by atoms with Gasteiger partial charge in [-0.2, -0.15) is 0 Å². The number of aryl methyl sites for hydroxylation is 2. The Morgan fingerprint density at radius 3 is 2.52 bits per heavy atom. The number of anilines is 2. The summed E-state index contributed by atoms with van der Waals surface area (Å²) >= 11 is 9.18. The minimum Gasteiger partial charge on any atom is -0.397 e. The van der Waals surface area contributed by atoms with E-state index >= 15 is 0 Å². The second-order valence-corrected chi connectivity index (χ2v) is 7.39. The third-order valence-corrected chi connectivity index (χ3v) is 5.17. The first-order valence-electron chi connectivity index (χ1n) is 5.92. The van der Waals surface area contributed by atoms with Gasteiger partial charge in [-0.15, -0.1) is 0 Å². The third kappa shape index (κ3) is 3.48. The van der Waals surface area contributed by atoms with Crippen LogP contribution in [-0.2, 0) is 10.0 Å². The first-order chi connectivity index (χ1) is 9.70. The van der Waals surface area contributed by atoms with E-state index in [1.165, 1.54) is 12.1 Å². The van der Waals surface area contributed by atoms with E-state index in [0.717, 1.165) is 0 Å². The number of halogens is 2. The number of nitrogen functional groups attached to an aromatic ring is 1. The maximum absolute atomic E-state index is 12.4. The number of hydrogen-bond acceptors (Lipinski definition) is 4. The lowest BCUT2D eigenvalue weighted by molar-refractivity contribution is 0.601. The molecule has 0 unspecified atom stereocenters. The summed E-state index contributed by atoms with van der Waals surface area (Å²) in [6, 6.07) is 6.10. The normalized spacial score (nSPS) is 11.4. The highest BCUT2D eigenvalue weighted by Crippen LogP contribution is 2.28. The van der Waals surface area contributed by atoms with Crippen LogP contribution < -0.4 is 10.5 Å². The monoisotopic (exact) mass is 389 g/mol. The van der Waals surface area contributed by atoms with Crippen LogP contribution in [0.1, 0.15) is 11.3 Å². The summed E-state index contributed by atoms with van der Waals surface area (Å²) in [7, 11) is -3.75. The Balaban J connectivity index is 2.43. The SMILES string of the molecule is Cc1cc(S(=O)(=O)Nc2ccc(Br)nc2C)cc(N)c1Cl. The maximum Gasteiger partial charge on any atom is 0.262 e. The number of rotatable bonds is 3. The molecule has 0 fully saturated rings. The van der Waals surface area contributed by atoms with Crippen LogP contribution in [-0.4, -0.2) is 13.4 Å². The number of aromatic nitrogens is 1. The summed E-state index contributed by atoms with van der Waals surface area (Å²) in [5.41, 5.74) is 7.51. The largest absolute Gasteiger partial charge is 0.397 e. The quantitative estimate of drug-likeness (QED) is 0.620. The molecule has 1 heterocycles. The van der Waals surface area contributed by atoms with Gasteiger partial charge in [-0.05, 0) is 59.6 Å². The molecule has 8 heteroatoms. The third-order valence-electron chi connectivity index (χ3n) is 2.86. The molecule has 0 amide bonds. The Morgan fingerprint density at radius 1 is 1.29 bits per heavy atom. The number of nitrogens with zero attached hydrogens (tertiary/aromatic N) is 1. The van der Waals surface area contributed by atoms with Crippen molar-refractivity contribution in [1.82, 2.24) is 4.98 Å². The standard InChI is InChI=1S/C13H13BrClN3O2S/c1-7-5-9(6-10(16)13(7)15)21(19,20)18-11-3-4-12(14)17-8(11)2/h3-6,18H,16H2,1-2H3. The van der Waals surface area contributed by atoms with Crippen molar-refractivity contribution in [2.75, 3.05) is 10.5 Å². The molecule has 0 spiro atoms. The number of nitrogens with two attached hydrogens (primary N) is 1. The lowest BCUT2D eigenvalue weighted by atomic mass is 10.2. The fraction of sp³-hybridized carbons (Fsp3) is 0.154. The second-order valence-electron chi connectivity index (χ2n) is 4.52. The molecule has 0 aliphatic heterocycles. The summed E-state index contributed by atoms with van der Waals surface area (Å²) in [6.45, 7) is 3.41. The second kappa shape index (κ2) is 5.82. The van der Waals surface area contributed by atoms with Crippen LogP contribution in [0.5, 0.6) is 0 Å². The van der Waals surface area contributed by atoms with E-state index < -0.39 is 10.0 Å². The van der Waals surface area contributed by atoms with E-state index in [9.17, 15) is 8.42 Å². The molecule has 0 aliphatic rings. The number of sulfonamides is 1. The van der Waals surface area contributed by atoms with Crippen molar-refractivity contribution >= 4 is 48.9 Å². The predicted octanol–water partition coefficient (Wildman–Crippen LogP) is 3.50. The van der Waals surface area contributed by atoms with Crippen molar-refractivity contribution in [1.29, 1.82) is 0 Å². The molecule has 0 saturated carbocycles. The molecule has 1 aromatic carbocycles. The van der Waals surface area contributed by atoms with E-state index in [4.69, 9.17) is 17.3 Å². The van der Waals surface area contributed by atoms with E-state index in [2.05, 4.69) is 25.6 Å². The maximum atomic E-state index is 12.4. The Kier molecular flexibility index (Phi) is 4.46. The van der Waals surface area contributed by atoms with Gasteiger partial charge in [0.05, 0.1) is 27.0 Å². The molecular formula is C13H13BrClN3O2S. The van der Waals surface area contributed by atoms with Gasteiger partial charge >= 0.3 is 0 Å². The Morgan fingerprint density at radius 2 is 1.95 bits per heavy atom. The highest BCUT2D eigenvalue weighted by atomic mass is 79.9. The fourth-order valence-electron chi connectivity index (χ4n) is 1.76. The highest BCUT2D eigenvalue weighted by Gasteiger charge is 2.18. The molecule has 0 aliphatic carbocycles. The van der Waals surface area contributed by atoms with Crippen molar-refractivity contribution < 1.29 is 8.42 Å². The van der Waals surface area contributed by atoms with Crippen LogP contribution in [0.4, 0.5) is 11.4 Å². The average Bonchev–Trinajstić information content (AvgIpc) is 2.38. The van der Waals surface area contributed by atoms with Crippen LogP contribution in [0.15, 0.2) is 33.8 Å². The molecule has 5 nitrogen and oxygen atoms in total. The average molecular weight is 391 g/mol. The zero-order valence-corrected chi connectivity index (χ0v) is 14.5. The van der Waals surface area contributed by atoms with E-state index in [1.54, 1.807) is 26.0 Å². The van der Waals surface area contributed by atoms with E-state index in [0.29, 0.717) is 26.6 Å². The summed E-state index contributed by atoms with van der Waals surface area (Å²) in [5, 5.41) is 0.357. The first-order valence-corrected chi connectivity index (χ1v) is 8.57. The smallest absolute Gasteiger partial charge is 0.262 e. The molecular weight excluding hydrogens is 378 g/mol. The molecule has 3 N–H and O–H groups in total. The van der Waals surface area contributed by atoms with Gasteiger partial charge in [0.1, 0.15) is 4.60 Å². The van der Waals surface area contributed by atoms with Gasteiger partial charge in [0.25, 0.3) is 10.0 Å². The van der Waals surface area contributed by atoms with Gasteiger partial charge in [0.15, 0.2) is 0 Å². The van der Waals surface area contributed by atoms with Gasteiger partial charge < -0.3 is 5.73 Å². The molecule has 0 radical (unpaired) electrons. The number of hydrogen-bond donors (Lipinski definition) is 2. The minimum absolute atomic E-state index is 0.0595. The van der Waals surface area contributed by atoms with Crippen molar-refractivity contribution in [2.45, 2.75) is 18.7 Å². The van der Waals surface area contributed by atoms with Crippen molar-refractivity contribution in [3.8, 4) is 0 Å². The highest BCUT2D eigenvalue weighted by molar-refractivity contribution is 9.10. The van der Waals surface area contributed by atoms with Crippen LogP contribution >= 0.6 is 27.5 Å². The van der Waals surface area contributed by atoms with Gasteiger partial charge in [0, 0.05) is 0 Å².